The Labute approximate surface area is 80.4 Å². The predicted molar refractivity (Wildman–Crippen MR) is 55.3 cm³/mol. The van der Waals surface area contributed by atoms with Gasteiger partial charge in [-0.15, -0.1) is 6.58 Å². The Morgan fingerprint density at radius 1 is 1.69 bits per heavy atom. The van der Waals surface area contributed by atoms with E-state index in [0.29, 0.717) is 25.4 Å². The molecule has 3 nitrogen and oxygen atoms in total. The highest BCUT2D eigenvalue weighted by Gasteiger charge is 2.08. The molecule has 0 aromatic rings. The molecule has 3 N–H and O–H groups in total. The first-order valence-electron chi connectivity index (χ1n) is 4.82. The van der Waals surface area contributed by atoms with Crippen molar-refractivity contribution in [2.24, 2.45) is 11.7 Å². The molecule has 0 radical (unpaired) electrons. The molecule has 0 spiro atoms. The average Bonchev–Trinajstić information content (AvgIpc) is 2.14. The van der Waals surface area contributed by atoms with E-state index in [0.717, 1.165) is 12.8 Å². The maximum atomic E-state index is 11.2. The van der Waals surface area contributed by atoms with Crippen molar-refractivity contribution in [2.75, 3.05) is 13.1 Å². The van der Waals surface area contributed by atoms with E-state index in [-0.39, 0.29) is 5.91 Å². The van der Waals surface area contributed by atoms with E-state index in [1.165, 1.54) is 0 Å². The lowest BCUT2D eigenvalue weighted by Crippen LogP contribution is -2.28. The van der Waals surface area contributed by atoms with Crippen molar-refractivity contribution in [3.05, 3.63) is 12.7 Å². The van der Waals surface area contributed by atoms with Gasteiger partial charge < -0.3 is 11.1 Å². The second-order valence-corrected chi connectivity index (χ2v) is 3.14. The van der Waals surface area contributed by atoms with Gasteiger partial charge >= 0.3 is 0 Å². The summed E-state index contributed by atoms with van der Waals surface area (Å²) >= 11 is 0. The summed E-state index contributed by atoms with van der Waals surface area (Å²) in [5, 5.41) is 2.82. The van der Waals surface area contributed by atoms with Crippen LogP contribution in [0, 0.1) is 5.92 Å². The molecule has 0 saturated carbocycles. The molecule has 0 aliphatic carbocycles. The number of hydrogen-bond acceptors (Lipinski definition) is 2. The standard InChI is InChI=1S/C10H20N2O/c1-3-5-6-12-10(13)7-9(4-2)8-11/h3,9H,1,4-8,11H2,2H3,(H,12,13). The smallest absolute Gasteiger partial charge is 0.220 e. The first-order valence-corrected chi connectivity index (χ1v) is 4.82. The number of rotatable bonds is 7. The number of carbonyl (C=O) groups is 1. The zero-order valence-electron chi connectivity index (χ0n) is 8.38. The van der Waals surface area contributed by atoms with Crippen LogP contribution in [0.3, 0.4) is 0 Å². The third-order valence-electron chi connectivity index (χ3n) is 2.06. The van der Waals surface area contributed by atoms with Gasteiger partial charge in [-0.1, -0.05) is 19.4 Å². The Morgan fingerprint density at radius 2 is 2.38 bits per heavy atom. The third-order valence-corrected chi connectivity index (χ3v) is 2.06. The summed E-state index contributed by atoms with van der Waals surface area (Å²) in [4.78, 5) is 11.2. The van der Waals surface area contributed by atoms with Gasteiger partial charge in [0.2, 0.25) is 5.91 Å². The molecule has 0 bridgehead atoms. The van der Waals surface area contributed by atoms with Crippen LogP contribution >= 0.6 is 0 Å². The summed E-state index contributed by atoms with van der Waals surface area (Å²) in [6.45, 7) is 6.90. The van der Waals surface area contributed by atoms with Gasteiger partial charge in [-0.3, -0.25) is 4.79 Å². The number of nitrogens with one attached hydrogen (secondary N) is 1. The first kappa shape index (κ1) is 12.2. The van der Waals surface area contributed by atoms with Crippen molar-refractivity contribution in [2.45, 2.75) is 26.2 Å². The quantitative estimate of drug-likeness (QED) is 0.459. The van der Waals surface area contributed by atoms with E-state index in [4.69, 9.17) is 5.73 Å². The summed E-state index contributed by atoms with van der Waals surface area (Å²) in [7, 11) is 0. The molecule has 76 valence electrons. The highest BCUT2D eigenvalue weighted by molar-refractivity contribution is 5.76. The Morgan fingerprint density at radius 3 is 2.85 bits per heavy atom. The van der Waals surface area contributed by atoms with Crippen LogP contribution in [-0.2, 0) is 4.79 Å². The molecule has 0 aliphatic rings. The van der Waals surface area contributed by atoms with Gasteiger partial charge in [0.25, 0.3) is 0 Å². The minimum absolute atomic E-state index is 0.0964. The van der Waals surface area contributed by atoms with Crippen molar-refractivity contribution in [3.63, 3.8) is 0 Å². The van der Waals surface area contributed by atoms with E-state index in [1.807, 2.05) is 0 Å². The molecule has 1 atom stereocenters. The van der Waals surface area contributed by atoms with Crippen molar-refractivity contribution >= 4 is 5.91 Å². The van der Waals surface area contributed by atoms with E-state index < -0.39 is 0 Å². The molecule has 0 aliphatic heterocycles. The highest BCUT2D eigenvalue weighted by atomic mass is 16.1. The Balaban J connectivity index is 3.53. The zero-order chi connectivity index (χ0) is 10.1. The summed E-state index contributed by atoms with van der Waals surface area (Å²) in [6.07, 6.45) is 4.13. The number of carbonyl (C=O) groups excluding carboxylic acids is 1. The molecule has 0 fully saturated rings. The van der Waals surface area contributed by atoms with E-state index in [2.05, 4.69) is 18.8 Å². The molecule has 0 rings (SSSR count). The molecule has 0 heterocycles. The van der Waals surface area contributed by atoms with Crippen molar-refractivity contribution < 1.29 is 4.79 Å². The molecule has 1 unspecified atom stereocenters. The van der Waals surface area contributed by atoms with Gasteiger partial charge in [-0.25, -0.2) is 0 Å². The van der Waals surface area contributed by atoms with Crippen molar-refractivity contribution in [1.29, 1.82) is 0 Å². The van der Waals surface area contributed by atoms with Gasteiger partial charge in [-0.05, 0) is 18.9 Å². The molecule has 1 amide bonds. The van der Waals surface area contributed by atoms with Gasteiger partial charge in [0.1, 0.15) is 0 Å². The monoisotopic (exact) mass is 184 g/mol. The predicted octanol–water partition coefficient (Wildman–Crippen LogP) is 1.05. The van der Waals surface area contributed by atoms with E-state index >= 15 is 0 Å². The van der Waals surface area contributed by atoms with Crippen molar-refractivity contribution in [3.8, 4) is 0 Å². The Kier molecular flexibility index (Phi) is 7.30. The molecule has 0 aromatic heterocycles. The van der Waals surface area contributed by atoms with Crippen LogP contribution in [0.4, 0.5) is 0 Å². The summed E-state index contributed by atoms with van der Waals surface area (Å²) in [5.74, 6) is 0.419. The molecular formula is C10H20N2O. The second kappa shape index (κ2) is 7.80. The minimum Gasteiger partial charge on any atom is -0.356 e. The maximum Gasteiger partial charge on any atom is 0.220 e. The second-order valence-electron chi connectivity index (χ2n) is 3.14. The lowest BCUT2D eigenvalue weighted by Gasteiger charge is -2.11. The van der Waals surface area contributed by atoms with Crippen LogP contribution in [0.15, 0.2) is 12.7 Å². The lowest BCUT2D eigenvalue weighted by atomic mass is 10.0. The molecule has 13 heavy (non-hydrogen) atoms. The van der Waals surface area contributed by atoms with Crippen LogP contribution in [0.1, 0.15) is 26.2 Å². The fourth-order valence-corrected chi connectivity index (χ4v) is 1.04. The van der Waals surface area contributed by atoms with Crippen molar-refractivity contribution in [1.82, 2.24) is 5.32 Å². The largest absolute Gasteiger partial charge is 0.356 e. The maximum absolute atomic E-state index is 11.2. The number of hydrogen-bond donors (Lipinski definition) is 2. The van der Waals surface area contributed by atoms with Gasteiger partial charge in [-0.2, -0.15) is 0 Å². The lowest BCUT2D eigenvalue weighted by molar-refractivity contribution is -0.121. The molecule has 0 saturated heterocycles. The van der Waals surface area contributed by atoms with Gasteiger partial charge in [0.15, 0.2) is 0 Å². The Bertz CT molecular complexity index is 153. The summed E-state index contributed by atoms with van der Waals surface area (Å²) < 4.78 is 0. The molecule has 0 aromatic carbocycles. The van der Waals surface area contributed by atoms with Crippen LogP contribution in [-0.4, -0.2) is 19.0 Å². The molecular weight excluding hydrogens is 164 g/mol. The number of nitrogens with two attached hydrogens (primary N) is 1. The van der Waals surface area contributed by atoms with Crippen LogP contribution < -0.4 is 11.1 Å². The summed E-state index contributed by atoms with van der Waals surface area (Å²) in [6, 6.07) is 0. The first-order chi connectivity index (χ1) is 6.24. The van der Waals surface area contributed by atoms with Crippen LogP contribution in [0.25, 0.3) is 0 Å². The van der Waals surface area contributed by atoms with Gasteiger partial charge in [0.05, 0.1) is 0 Å². The summed E-state index contributed by atoms with van der Waals surface area (Å²) in [5.41, 5.74) is 5.49. The fourth-order valence-electron chi connectivity index (χ4n) is 1.04. The SMILES string of the molecule is C=CCCNC(=O)CC(CC)CN. The molecule has 3 heteroatoms. The normalized spacial score (nSPS) is 12.2. The average molecular weight is 184 g/mol. The highest BCUT2D eigenvalue weighted by Crippen LogP contribution is 2.04. The van der Waals surface area contributed by atoms with Crippen LogP contribution in [0.5, 0.6) is 0 Å². The number of amides is 1. The Hall–Kier alpha value is -0.830. The third kappa shape index (κ3) is 6.34. The fraction of sp³-hybridized carbons (Fsp3) is 0.700. The van der Waals surface area contributed by atoms with E-state index in [9.17, 15) is 4.79 Å². The van der Waals surface area contributed by atoms with Crippen LogP contribution in [0.2, 0.25) is 0 Å². The zero-order valence-corrected chi connectivity index (χ0v) is 8.38. The topological polar surface area (TPSA) is 55.1 Å². The van der Waals surface area contributed by atoms with E-state index in [1.54, 1.807) is 6.08 Å². The van der Waals surface area contributed by atoms with Gasteiger partial charge in [0, 0.05) is 13.0 Å². The minimum atomic E-state index is 0.0964.